The molecule has 0 aliphatic heterocycles. The van der Waals surface area contributed by atoms with Gasteiger partial charge in [-0.2, -0.15) is 0 Å². The lowest BCUT2D eigenvalue weighted by molar-refractivity contribution is 0.575. The molecule has 0 aliphatic rings. The van der Waals surface area contributed by atoms with Crippen LogP contribution in [0.2, 0.25) is 0 Å². The van der Waals surface area contributed by atoms with Crippen molar-refractivity contribution in [2.24, 2.45) is 0 Å². The van der Waals surface area contributed by atoms with Crippen LogP contribution >= 0.6 is 11.6 Å². The zero-order chi connectivity index (χ0) is 12.8. The Morgan fingerprint density at radius 3 is 2.82 bits per heavy atom. The quantitative estimate of drug-likeness (QED) is 0.797. The number of rotatable bonds is 6. The van der Waals surface area contributed by atoms with Gasteiger partial charge in [0.05, 0.1) is 0 Å². The molecule has 96 valence electrons. The summed E-state index contributed by atoms with van der Waals surface area (Å²) in [5, 5.41) is 3.20. The van der Waals surface area contributed by atoms with Gasteiger partial charge in [-0.25, -0.2) is 4.98 Å². The molecule has 0 saturated carbocycles. The van der Waals surface area contributed by atoms with Gasteiger partial charge in [-0.1, -0.05) is 6.92 Å². The Labute approximate surface area is 107 Å². The molecule has 1 unspecified atom stereocenters. The highest BCUT2D eigenvalue weighted by molar-refractivity contribution is 6.20. The van der Waals surface area contributed by atoms with Crippen molar-refractivity contribution in [2.75, 3.05) is 11.9 Å². The Morgan fingerprint density at radius 2 is 2.24 bits per heavy atom. The number of alkyl halides is 1. The van der Waals surface area contributed by atoms with E-state index in [0.29, 0.717) is 12.4 Å². The second-order valence-electron chi connectivity index (χ2n) is 4.30. The maximum absolute atomic E-state index is 12.0. The second kappa shape index (κ2) is 6.64. The van der Waals surface area contributed by atoms with Crippen LogP contribution in [0.1, 0.15) is 39.7 Å². The van der Waals surface area contributed by atoms with E-state index in [1.165, 1.54) is 0 Å². The van der Waals surface area contributed by atoms with Gasteiger partial charge in [-0.3, -0.25) is 4.79 Å². The summed E-state index contributed by atoms with van der Waals surface area (Å²) >= 11 is 6.01. The fourth-order valence-corrected chi connectivity index (χ4v) is 1.61. The summed E-state index contributed by atoms with van der Waals surface area (Å²) in [4.78, 5) is 16.0. The average Bonchev–Trinajstić information content (AvgIpc) is 2.30. The van der Waals surface area contributed by atoms with E-state index in [-0.39, 0.29) is 17.0 Å². The second-order valence-corrected chi connectivity index (χ2v) is 4.92. The number of halogens is 1. The van der Waals surface area contributed by atoms with Gasteiger partial charge in [0.15, 0.2) is 5.82 Å². The predicted molar refractivity (Wildman–Crippen MR) is 71.9 cm³/mol. The number of nitrogens with zero attached hydrogens (tertiary/aromatic N) is 2. The minimum absolute atomic E-state index is 0.0786. The van der Waals surface area contributed by atoms with Gasteiger partial charge in [0, 0.05) is 30.4 Å². The Balaban J connectivity index is 2.66. The van der Waals surface area contributed by atoms with Crippen molar-refractivity contribution >= 4 is 17.4 Å². The molecule has 17 heavy (non-hydrogen) atoms. The molecule has 0 spiro atoms. The summed E-state index contributed by atoms with van der Waals surface area (Å²) in [6.45, 7) is 6.66. The summed E-state index contributed by atoms with van der Waals surface area (Å²) in [6, 6.07) is 0.141. The van der Waals surface area contributed by atoms with Gasteiger partial charge >= 0.3 is 0 Å². The maximum atomic E-state index is 12.0. The number of aromatic nitrogens is 2. The van der Waals surface area contributed by atoms with E-state index in [1.807, 2.05) is 20.8 Å². The molecule has 1 atom stereocenters. The fraction of sp³-hybridized carbons (Fsp3) is 0.667. The van der Waals surface area contributed by atoms with Crippen LogP contribution in [-0.4, -0.2) is 21.5 Å². The van der Waals surface area contributed by atoms with Crippen LogP contribution in [0.4, 0.5) is 5.82 Å². The van der Waals surface area contributed by atoms with Gasteiger partial charge in [-0.15, -0.1) is 11.6 Å². The van der Waals surface area contributed by atoms with Crippen LogP contribution in [0.3, 0.4) is 0 Å². The van der Waals surface area contributed by atoms with Crippen LogP contribution in [0.15, 0.2) is 17.2 Å². The Kier molecular flexibility index (Phi) is 5.48. The molecule has 1 rings (SSSR count). The number of anilines is 1. The van der Waals surface area contributed by atoms with Crippen molar-refractivity contribution in [3.8, 4) is 0 Å². The third-order valence-corrected chi connectivity index (χ3v) is 3.14. The van der Waals surface area contributed by atoms with Crippen molar-refractivity contribution in [2.45, 2.75) is 45.0 Å². The smallest absolute Gasteiger partial charge is 0.293 e. The Bertz CT molecular complexity index is 403. The predicted octanol–water partition coefficient (Wildman–Crippen LogP) is 2.64. The van der Waals surface area contributed by atoms with Crippen molar-refractivity contribution in [3.63, 3.8) is 0 Å². The molecule has 4 nitrogen and oxygen atoms in total. The topological polar surface area (TPSA) is 46.9 Å². The first-order valence-corrected chi connectivity index (χ1v) is 6.45. The molecular weight excluding hydrogens is 238 g/mol. The molecule has 0 aliphatic carbocycles. The van der Waals surface area contributed by atoms with Gasteiger partial charge in [0.2, 0.25) is 0 Å². The highest BCUT2D eigenvalue weighted by Crippen LogP contribution is 2.06. The number of hydrogen-bond acceptors (Lipinski definition) is 3. The molecule has 5 heteroatoms. The van der Waals surface area contributed by atoms with Gasteiger partial charge in [0.25, 0.3) is 5.56 Å². The first-order valence-electron chi connectivity index (χ1n) is 6.01. The highest BCUT2D eigenvalue weighted by atomic mass is 35.5. The molecule has 0 bridgehead atoms. The summed E-state index contributed by atoms with van der Waals surface area (Å²) in [5.41, 5.74) is -0.0786. The lowest BCUT2D eigenvalue weighted by Gasteiger charge is -2.12. The van der Waals surface area contributed by atoms with Gasteiger partial charge in [-0.05, 0) is 26.7 Å². The SMILES string of the molecule is CCC(Cl)CCNc1nccn(C(C)C)c1=O. The van der Waals surface area contributed by atoms with E-state index < -0.39 is 0 Å². The summed E-state index contributed by atoms with van der Waals surface area (Å²) in [7, 11) is 0. The van der Waals surface area contributed by atoms with E-state index in [4.69, 9.17) is 11.6 Å². The summed E-state index contributed by atoms with van der Waals surface area (Å²) in [6.07, 6.45) is 5.10. The van der Waals surface area contributed by atoms with Crippen LogP contribution in [-0.2, 0) is 0 Å². The first-order chi connectivity index (χ1) is 8.06. The average molecular weight is 258 g/mol. The molecule has 1 aromatic rings. The molecule has 1 aromatic heterocycles. The van der Waals surface area contributed by atoms with Crippen molar-refractivity contribution in [1.82, 2.24) is 9.55 Å². The Morgan fingerprint density at radius 1 is 1.53 bits per heavy atom. The largest absolute Gasteiger partial charge is 0.365 e. The van der Waals surface area contributed by atoms with E-state index in [2.05, 4.69) is 10.3 Å². The lowest BCUT2D eigenvalue weighted by Crippen LogP contribution is -2.26. The van der Waals surface area contributed by atoms with E-state index >= 15 is 0 Å². The molecule has 1 N–H and O–H groups in total. The van der Waals surface area contributed by atoms with Crippen LogP contribution in [0.5, 0.6) is 0 Å². The number of nitrogens with one attached hydrogen (secondary N) is 1. The maximum Gasteiger partial charge on any atom is 0.293 e. The molecule has 0 amide bonds. The van der Waals surface area contributed by atoms with Crippen molar-refractivity contribution in [1.29, 1.82) is 0 Å². The molecule has 0 saturated heterocycles. The van der Waals surface area contributed by atoms with Crippen LogP contribution in [0, 0.1) is 0 Å². The highest BCUT2D eigenvalue weighted by Gasteiger charge is 2.07. The van der Waals surface area contributed by atoms with E-state index in [0.717, 1.165) is 12.8 Å². The normalized spacial score (nSPS) is 12.8. The van der Waals surface area contributed by atoms with Gasteiger partial charge in [0.1, 0.15) is 0 Å². The van der Waals surface area contributed by atoms with Gasteiger partial charge < -0.3 is 9.88 Å². The van der Waals surface area contributed by atoms with E-state index in [1.54, 1.807) is 17.0 Å². The third kappa shape index (κ3) is 4.04. The lowest BCUT2D eigenvalue weighted by atomic mass is 10.2. The monoisotopic (exact) mass is 257 g/mol. The standard InChI is InChI=1S/C12H20ClN3O/c1-4-10(13)5-6-14-11-12(17)16(9(2)3)8-7-15-11/h7-10H,4-6H2,1-3H3,(H,14,15). The zero-order valence-corrected chi connectivity index (χ0v) is 11.4. The summed E-state index contributed by atoms with van der Waals surface area (Å²) in [5.74, 6) is 0.404. The minimum Gasteiger partial charge on any atom is -0.365 e. The zero-order valence-electron chi connectivity index (χ0n) is 10.6. The Hall–Kier alpha value is -1.03. The molecule has 0 fully saturated rings. The van der Waals surface area contributed by atoms with Crippen molar-refractivity contribution < 1.29 is 0 Å². The third-order valence-electron chi connectivity index (χ3n) is 2.62. The van der Waals surface area contributed by atoms with Crippen LogP contribution < -0.4 is 10.9 Å². The molecule has 0 aromatic carbocycles. The summed E-state index contributed by atoms with van der Waals surface area (Å²) < 4.78 is 1.66. The van der Waals surface area contributed by atoms with E-state index in [9.17, 15) is 4.79 Å². The molecule has 1 heterocycles. The van der Waals surface area contributed by atoms with Crippen molar-refractivity contribution in [3.05, 3.63) is 22.7 Å². The van der Waals surface area contributed by atoms with Crippen LogP contribution in [0.25, 0.3) is 0 Å². The first kappa shape index (κ1) is 14.0. The minimum atomic E-state index is -0.0786. The molecular formula is C12H20ClN3O. The molecule has 0 radical (unpaired) electrons. The number of hydrogen-bond donors (Lipinski definition) is 1. The fourth-order valence-electron chi connectivity index (χ4n) is 1.50.